The molecule has 0 bridgehead atoms. The van der Waals surface area contributed by atoms with Crippen molar-refractivity contribution >= 4 is 17.3 Å². The van der Waals surface area contributed by atoms with Gasteiger partial charge in [0.05, 0.1) is 12.3 Å². The van der Waals surface area contributed by atoms with Gasteiger partial charge in [-0.3, -0.25) is 0 Å². The summed E-state index contributed by atoms with van der Waals surface area (Å²) in [6.45, 7) is 2.73. The van der Waals surface area contributed by atoms with Crippen LogP contribution in [0.15, 0.2) is 17.2 Å². The Balaban J connectivity index is 2.33. The molecule has 1 aromatic carbocycles. The van der Waals surface area contributed by atoms with Gasteiger partial charge in [-0.15, -0.1) is 0 Å². The van der Waals surface area contributed by atoms with E-state index in [1.54, 1.807) is 12.1 Å². The van der Waals surface area contributed by atoms with Crippen LogP contribution < -0.4 is 10.2 Å². The van der Waals surface area contributed by atoms with Crippen LogP contribution in [0.4, 0.5) is 4.39 Å². The summed E-state index contributed by atoms with van der Waals surface area (Å²) in [5, 5.41) is 12.8. The second kappa shape index (κ2) is 6.21. The maximum atomic E-state index is 14.3. The van der Waals surface area contributed by atoms with E-state index in [0.717, 1.165) is 13.0 Å². The summed E-state index contributed by atoms with van der Waals surface area (Å²) < 4.78 is 19.4. The van der Waals surface area contributed by atoms with Gasteiger partial charge in [0.2, 0.25) is 0 Å². The van der Waals surface area contributed by atoms with Crippen LogP contribution in [0.25, 0.3) is 0 Å². The number of ether oxygens (including phenoxy) is 1. The van der Waals surface area contributed by atoms with Crippen molar-refractivity contribution in [3.05, 3.63) is 28.5 Å². The molecule has 0 saturated heterocycles. The highest BCUT2D eigenvalue weighted by atomic mass is 35.5. The van der Waals surface area contributed by atoms with Gasteiger partial charge < -0.3 is 15.3 Å². The third kappa shape index (κ3) is 2.98. The number of halogens is 2. The molecule has 6 heteroatoms. The van der Waals surface area contributed by atoms with Crippen molar-refractivity contribution in [3.8, 4) is 5.75 Å². The maximum absolute atomic E-state index is 14.3. The molecule has 1 atom stereocenters. The van der Waals surface area contributed by atoms with Crippen LogP contribution in [0, 0.1) is 11.7 Å². The molecule has 0 aromatic heterocycles. The first-order chi connectivity index (χ1) is 9.15. The zero-order chi connectivity index (χ0) is 13.8. The fourth-order valence-corrected chi connectivity index (χ4v) is 2.21. The van der Waals surface area contributed by atoms with E-state index in [-0.39, 0.29) is 29.9 Å². The maximum Gasteiger partial charge on any atom is 0.154 e. The van der Waals surface area contributed by atoms with E-state index in [1.165, 1.54) is 0 Å². The Labute approximate surface area is 116 Å². The van der Waals surface area contributed by atoms with E-state index in [1.807, 2.05) is 6.92 Å². The molecule has 1 aliphatic rings. The van der Waals surface area contributed by atoms with Crippen molar-refractivity contribution in [3.63, 3.8) is 0 Å². The van der Waals surface area contributed by atoms with E-state index in [2.05, 4.69) is 10.5 Å². The highest BCUT2D eigenvalue weighted by Crippen LogP contribution is 2.31. The SMILES string of the molecule is C[C@@H]1CCNN=C1c1ccc(OCCO)c(Cl)c1F. The molecule has 1 aromatic rings. The van der Waals surface area contributed by atoms with Crippen molar-refractivity contribution < 1.29 is 14.2 Å². The molecule has 2 N–H and O–H groups in total. The van der Waals surface area contributed by atoms with Gasteiger partial charge in [-0.1, -0.05) is 18.5 Å². The smallest absolute Gasteiger partial charge is 0.154 e. The minimum Gasteiger partial charge on any atom is -0.490 e. The zero-order valence-electron chi connectivity index (χ0n) is 10.6. The highest BCUT2D eigenvalue weighted by Gasteiger charge is 2.22. The van der Waals surface area contributed by atoms with Gasteiger partial charge in [-0.2, -0.15) is 5.10 Å². The summed E-state index contributed by atoms with van der Waals surface area (Å²) in [7, 11) is 0. The molecule has 2 rings (SSSR count). The number of nitrogens with zero attached hydrogens (tertiary/aromatic N) is 1. The molecule has 19 heavy (non-hydrogen) atoms. The Morgan fingerprint density at radius 3 is 3.05 bits per heavy atom. The van der Waals surface area contributed by atoms with Crippen LogP contribution in [-0.2, 0) is 0 Å². The van der Waals surface area contributed by atoms with Crippen LogP contribution in [0.3, 0.4) is 0 Å². The van der Waals surface area contributed by atoms with Crippen LogP contribution in [0.2, 0.25) is 5.02 Å². The average Bonchev–Trinajstić information content (AvgIpc) is 2.42. The van der Waals surface area contributed by atoms with E-state index in [9.17, 15) is 4.39 Å². The Hall–Kier alpha value is -1.33. The van der Waals surface area contributed by atoms with Gasteiger partial charge in [0.25, 0.3) is 0 Å². The van der Waals surface area contributed by atoms with Gasteiger partial charge in [-0.05, 0) is 18.6 Å². The fourth-order valence-electron chi connectivity index (χ4n) is 1.99. The highest BCUT2D eigenvalue weighted by molar-refractivity contribution is 6.32. The van der Waals surface area contributed by atoms with E-state index in [0.29, 0.717) is 11.3 Å². The zero-order valence-corrected chi connectivity index (χ0v) is 11.4. The molecule has 0 unspecified atom stereocenters. The monoisotopic (exact) mass is 286 g/mol. The lowest BCUT2D eigenvalue weighted by atomic mass is 9.94. The molecule has 0 fully saturated rings. The third-order valence-corrected chi connectivity index (χ3v) is 3.38. The molecule has 0 aliphatic carbocycles. The van der Waals surface area contributed by atoms with Gasteiger partial charge in [0.1, 0.15) is 17.4 Å². The molecule has 1 aliphatic heterocycles. The molecular formula is C13H16ClFN2O2. The minimum atomic E-state index is -0.536. The van der Waals surface area contributed by atoms with Crippen molar-refractivity contribution in [2.75, 3.05) is 19.8 Å². The number of benzene rings is 1. The molecule has 0 radical (unpaired) electrons. The number of nitrogens with one attached hydrogen (secondary N) is 1. The van der Waals surface area contributed by atoms with Gasteiger partial charge in [0.15, 0.2) is 5.82 Å². The lowest BCUT2D eigenvalue weighted by molar-refractivity contribution is 0.201. The Morgan fingerprint density at radius 2 is 2.37 bits per heavy atom. The number of hydrazone groups is 1. The average molecular weight is 287 g/mol. The number of aliphatic hydroxyl groups excluding tert-OH is 1. The lowest BCUT2D eigenvalue weighted by Crippen LogP contribution is -2.27. The van der Waals surface area contributed by atoms with Gasteiger partial charge >= 0.3 is 0 Å². The first kappa shape index (κ1) is 14.1. The number of aliphatic hydroxyl groups is 1. The Bertz CT molecular complexity index is 494. The van der Waals surface area contributed by atoms with E-state index in [4.69, 9.17) is 21.4 Å². The fraction of sp³-hybridized carbons (Fsp3) is 0.462. The summed E-state index contributed by atoms with van der Waals surface area (Å²) in [4.78, 5) is 0. The Kier molecular flexibility index (Phi) is 4.61. The summed E-state index contributed by atoms with van der Waals surface area (Å²) in [5.41, 5.74) is 3.93. The molecule has 104 valence electrons. The summed E-state index contributed by atoms with van der Waals surface area (Å²) in [6.07, 6.45) is 0.901. The van der Waals surface area contributed by atoms with Crippen molar-refractivity contribution in [1.82, 2.24) is 5.43 Å². The van der Waals surface area contributed by atoms with E-state index < -0.39 is 5.82 Å². The largest absolute Gasteiger partial charge is 0.490 e. The van der Waals surface area contributed by atoms with Crippen LogP contribution >= 0.6 is 11.6 Å². The quantitative estimate of drug-likeness (QED) is 0.892. The van der Waals surface area contributed by atoms with Crippen molar-refractivity contribution in [2.24, 2.45) is 11.0 Å². The molecule has 0 amide bonds. The van der Waals surface area contributed by atoms with Gasteiger partial charge in [0, 0.05) is 18.0 Å². The molecular weight excluding hydrogens is 271 g/mol. The molecule has 1 heterocycles. The van der Waals surface area contributed by atoms with Crippen LogP contribution in [0.1, 0.15) is 18.9 Å². The van der Waals surface area contributed by atoms with Gasteiger partial charge in [-0.25, -0.2) is 4.39 Å². The second-order valence-corrected chi connectivity index (χ2v) is 4.78. The number of rotatable bonds is 4. The van der Waals surface area contributed by atoms with Crippen molar-refractivity contribution in [1.29, 1.82) is 0 Å². The number of hydrogen-bond donors (Lipinski definition) is 2. The van der Waals surface area contributed by atoms with Crippen LogP contribution in [0.5, 0.6) is 5.75 Å². The Morgan fingerprint density at radius 1 is 1.58 bits per heavy atom. The third-order valence-electron chi connectivity index (χ3n) is 3.03. The predicted molar refractivity (Wildman–Crippen MR) is 72.3 cm³/mol. The first-order valence-electron chi connectivity index (χ1n) is 6.17. The molecule has 0 saturated carbocycles. The lowest BCUT2D eigenvalue weighted by Gasteiger charge is -2.21. The standard InChI is InChI=1S/C13H16ClFN2O2/c1-8-4-5-16-17-13(8)9-2-3-10(19-7-6-18)11(14)12(9)15/h2-3,8,16,18H,4-7H2,1H3/t8-/m1/s1. The summed E-state index contributed by atoms with van der Waals surface area (Å²) >= 11 is 5.94. The normalized spacial score (nSPS) is 18.7. The summed E-state index contributed by atoms with van der Waals surface area (Å²) in [6, 6.07) is 3.20. The second-order valence-electron chi connectivity index (χ2n) is 4.41. The summed E-state index contributed by atoms with van der Waals surface area (Å²) in [5.74, 6) is -0.128. The topological polar surface area (TPSA) is 53.9 Å². The van der Waals surface area contributed by atoms with Crippen molar-refractivity contribution in [2.45, 2.75) is 13.3 Å². The van der Waals surface area contributed by atoms with E-state index >= 15 is 0 Å². The number of hydrogen-bond acceptors (Lipinski definition) is 4. The minimum absolute atomic E-state index is 0.0774. The predicted octanol–water partition coefficient (Wildman–Crippen LogP) is 2.18. The molecule has 0 spiro atoms. The first-order valence-corrected chi connectivity index (χ1v) is 6.55. The van der Waals surface area contributed by atoms with Crippen LogP contribution in [-0.4, -0.2) is 30.6 Å². The molecule has 4 nitrogen and oxygen atoms in total.